The molecule has 0 unspecified atom stereocenters. The monoisotopic (exact) mass is 284 g/mol. The van der Waals surface area contributed by atoms with Crippen molar-refractivity contribution in [2.24, 2.45) is 0 Å². The van der Waals surface area contributed by atoms with Gasteiger partial charge in [-0.1, -0.05) is 11.6 Å². The van der Waals surface area contributed by atoms with Crippen LogP contribution in [0, 0.1) is 0 Å². The first-order chi connectivity index (χ1) is 8.47. The number of rotatable bonds is 3. The minimum Gasteiger partial charge on any atom is -0.368 e. The van der Waals surface area contributed by atoms with Crippen LogP contribution in [0.3, 0.4) is 0 Å². The first-order valence-corrected chi connectivity index (χ1v) is 6.69. The largest absolute Gasteiger partial charge is 0.368 e. The molecule has 0 saturated heterocycles. The first kappa shape index (κ1) is 12.6. The quantitative estimate of drug-likeness (QED) is 0.890. The highest BCUT2D eigenvalue weighted by atomic mass is 35.5. The molecule has 1 heterocycles. The van der Waals surface area contributed by atoms with Gasteiger partial charge in [-0.25, -0.2) is 18.4 Å². The number of sulfonamides is 1. The lowest BCUT2D eigenvalue weighted by Gasteiger charge is -2.07. The molecule has 0 aliphatic carbocycles. The summed E-state index contributed by atoms with van der Waals surface area (Å²) in [6, 6.07) is 6.27. The number of benzene rings is 1. The summed E-state index contributed by atoms with van der Waals surface area (Å²) in [7, 11) is -3.72. The summed E-state index contributed by atoms with van der Waals surface area (Å²) in [6.07, 6.45) is 2.28. The van der Waals surface area contributed by atoms with Crippen LogP contribution in [0.4, 0.5) is 11.6 Å². The van der Waals surface area contributed by atoms with Crippen molar-refractivity contribution in [3.63, 3.8) is 0 Å². The highest BCUT2D eigenvalue weighted by molar-refractivity contribution is 7.92. The van der Waals surface area contributed by atoms with Gasteiger partial charge in [0.2, 0.25) is 5.95 Å². The minimum atomic E-state index is -3.72. The van der Waals surface area contributed by atoms with Crippen molar-refractivity contribution >= 4 is 33.3 Å². The van der Waals surface area contributed by atoms with Crippen molar-refractivity contribution in [3.05, 3.63) is 41.7 Å². The topological polar surface area (TPSA) is 98.0 Å². The average Bonchev–Trinajstić information content (AvgIpc) is 2.32. The maximum Gasteiger partial charge on any atom is 0.264 e. The lowest BCUT2D eigenvalue weighted by molar-refractivity contribution is 0.600. The second-order valence-electron chi connectivity index (χ2n) is 3.39. The number of nitrogens with one attached hydrogen (secondary N) is 1. The van der Waals surface area contributed by atoms with Crippen molar-refractivity contribution in [2.45, 2.75) is 4.90 Å². The molecule has 0 radical (unpaired) electrons. The van der Waals surface area contributed by atoms with Crippen LogP contribution in [-0.2, 0) is 10.0 Å². The Hall–Kier alpha value is -1.86. The van der Waals surface area contributed by atoms with E-state index in [4.69, 9.17) is 17.3 Å². The van der Waals surface area contributed by atoms with Gasteiger partial charge in [0.1, 0.15) is 4.90 Å². The van der Waals surface area contributed by atoms with E-state index >= 15 is 0 Å². The summed E-state index contributed by atoms with van der Waals surface area (Å²) in [5.41, 5.74) is 5.69. The molecular formula is C10H9ClN4O2S. The summed E-state index contributed by atoms with van der Waals surface area (Å²) in [5, 5.41) is 0.522. The average molecular weight is 285 g/mol. The van der Waals surface area contributed by atoms with E-state index < -0.39 is 10.0 Å². The van der Waals surface area contributed by atoms with Gasteiger partial charge in [-0.05, 0) is 24.3 Å². The zero-order valence-corrected chi connectivity index (χ0v) is 10.6. The lowest BCUT2D eigenvalue weighted by Crippen LogP contribution is -2.13. The third-order valence-corrected chi connectivity index (χ3v) is 3.64. The highest BCUT2D eigenvalue weighted by Crippen LogP contribution is 2.17. The second-order valence-corrected chi connectivity index (χ2v) is 5.51. The highest BCUT2D eigenvalue weighted by Gasteiger charge is 2.15. The van der Waals surface area contributed by atoms with E-state index in [1.165, 1.54) is 0 Å². The van der Waals surface area contributed by atoms with Gasteiger partial charge in [-0.3, -0.25) is 4.72 Å². The van der Waals surface area contributed by atoms with Crippen LogP contribution >= 0.6 is 11.6 Å². The SMILES string of the molecule is Nc1ncc(S(=O)(=O)Nc2ccc(Cl)cc2)cn1. The van der Waals surface area contributed by atoms with Gasteiger partial charge in [0.05, 0.1) is 12.4 Å². The molecule has 94 valence electrons. The van der Waals surface area contributed by atoms with E-state index in [1.807, 2.05) is 0 Å². The Bertz CT molecular complexity index is 641. The Morgan fingerprint density at radius 2 is 1.67 bits per heavy atom. The Balaban J connectivity index is 2.27. The van der Waals surface area contributed by atoms with Crippen molar-refractivity contribution in [1.29, 1.82) is 0 Å². The number of hydrogen-bond acceptors (Lipinski definition) is 5. The standard InChI is InChI=1S/C10H9ClN4O2S/c11-7-1-3-8(4-2-7)15-18(16,17)9-5-13-10(12)14-6-9/h1-6,15H,(H2,12,13,14). The van der Waals surface area contributed by atoms with Crippen molar-refractivity contribution in [1.82, 2.24) is 9.97 Å². The molecule has 0 spiro atoms. The molecule has 2 rings (SSSR count). The zero-order valence-electron chi connectivity index (χ0n) is 9.04. The van der Waals surface area contributed by atoms with Gasteiger partial charge in [-0.2, -0.15) is 0 Å². The predicted molar refractivity (Wildman–Crippen MR) is 68.7 cm³/mol. The molecule has 1 aromatic heterocycles. The molecule has 1 aromatic carbocycles. The molecule has 2 aromatic rings. The molecule has 0 aliphatic rings. The fourth-order valence-electron chi connectivity index (χ4n) is 1.20. The van der Waals surface area contributed by atoms with Gasteiger partial charge < -0.3 is 5.73 Å². The number of anilines is 2. The van der Waals surface area contributed by atoms with E-state index in [2.05, 4.69) is 14.7 Å². The molecule has 18 heavy (non-hydrogen) atoms. The predicted octanol–water partition coefficient (Wildman–Crippen LogP) is 1.51. The summed E-state index contributed by atoms with van der Waals surface area (Å²) in [4.78, 5) is 7.19. The minimum absolute atomic E-state index is 0.0143. The van der Waals surface area contributed by atoms with Gasteiger partial charge in [-0.15, -0.1) is 0 Å². The molecule has 0 saturated carbocycles. The second kappa shape index (κ2) is 4.79. The Labute approximate surface area is 109 Å². The van der Waals surface area contributed by atoms with Crippen molar-refractivity contribution in [2.75, 3.05) is 10.5 Å². The zero-order chi connectivity index (χ0) is 13.2. The molecule has 0 amide bonds. The third-order valence-electron chi connectivity index (χ3n) is 2.05. The first-order valence-electron chi connectivity index (χ1n) is 4.83. The number of aromatic nitrogens is 2. The van der Waals surface area contributed by atoms with Crippen LogP contribution < -0.4 is 10.5 Å². The van der Waals surface area contributed by atoms with Crippen LogP contribution in [0.15, 0.2) is 41.6 Å². The summed E-state index contributed by atoms with van der Waals surface area (Å²) < 4.78 is 26.2. The maximum atomic E-state index is 11.9. The fraction of sp³-hybridized carbons (Fsp3) is 0. The van der Waals surface area contributed by atoms with Gasteiger partial charge in [0.25, 0.3) is 10.0 Å². The molecule has 6 nitrogen and oxygen atoms in total. The summed E-state index contributed by atoms with van der Waals surface area (Å²) in [6.45, 7) is 0. The van der Waals surface area contributed by atoms with Crippen LogP contribution in [0.2, 0.25) is 5.02 Å². The number of nitrogens with zero attached hydrogens (tertiary/aromatic N) is 2. The molecule has 0 bridgehead atoms. The molecule has 8 heteroatoms. The Morgan fingerprint density at radius 3 is 2.22 bits per heavy atom. The molecular weight excluding hydrogens is 276 g/mol. The van der Waals surface area contributed by atoms with Crippen LogP contribution in [-0.4, -0.2) is 18.4 Å². The van der Waals surface area contributed by atoms with E-state index in [0.29, 0.717) is 10.7 Å². The number of halogens is 1. The van der Waals surface area contributed by atoms with Crippen molar-refractivity contribution < 1.29 is 8.42 Å². The Morgan fingerprint density at radius 1 is 1.11 bits per heavy atom. The summed E-state index contributed by atoms with van der Waals surface area (Å²) in [5.74, 6) is 0.0143. The fourth-order valence-corrected chi connectivity index (χ4v) is 2.27. The van der Waals surface area contributed by atoms with E-state index in [0.717, 1.165) is 12.4 Å². The molecule has 0 fully saturated rings. The summed E-state index contributed by atoms with van der Waals surface area (Å²) >= 11 is 5.71. The number of hydrogen-bond donors (Lipinski definition) is 2. The Kier molecular flexibility index (Phi) is 3.35. The maximum absolute atomic E-state index is 11.9. The van der Waals surface area contributed by atoms with Crippen LogP contribution in [0.5, 0.6) is 0 Å². The lowest BCUT2D eigenvalue weighted by atomic mass is 10.3. The number of nitrogens with two attached hydrogens (primary N) is 1. The molecule has 3 N–H and O–H groups in total. The molecule has 0 aliphatic heterocycles. The van der Waals surface area contributed by atoms with E-state index in [9.17, 15) is 8.42 Å². The molecule has 0 atom stereocenters. The number of nitrogen functional groups attached to an aromatic ring is 1. The van der Waals surface area contributed by atoms with Crippen LogP contribution in [0.25, 0.3) is 0 Å². The van der Waals surface area contributed by atoms with E-state index in [1.54, 1.807) is 24.3 Å². The van der Waals surface area contributed by atoms with E-state index in [-0.39, 0.29) is 10.8 Å². The smallest absolute Gasteiger partial charge is 0.264 e. The van der Waals surface area contributed by atoms with Gasteiger partial charge >= 0.3 is 0 Å². The van der Waals surface area contributed by atoms with Gasteiger partial charge in [0.15, 0.2) is 0 Å². The normalized spacial score (nSPS) is 11.2. The third kappa shape index (κ3) is 2.88. The van der Waals surface area contributed by atoms with Crippen LogP contribution in [0.1, 0.15) is 0 Å². The van der Waals surface area contributed by atoms with Crippen molar-refractivity contribution in [3.8, 4) is 0 Å². The van der Waals surface area contributed by atoms with Gasteiger partial charge in [0, 0.05) is 10.7 Å².